The molecule has 0 aliphatic carbocycles. The second-order valence-corrected chi connectivity index (χ2v) is 42.4. The van der Waals surface area contributed by atoms with E-state index in [2.05, 4.69) is 41.5 Å². The molecule has 10 aliphatic rings. The second kappa shape index (κ2) is 0.980. The molecule has 120 valence electrons. The largest absolute Gasteiger partial charge is 0.147 e. The molecule has 0 nitrogen and oxygen atoms in total. The van der Waals surface area contributed by atoms with Crippen LogP contribution in [0, 0.1) is 0 Å². The van der Waals surface area contributed by atoms with Gasteiger partial charge in [0.2, 0.25) is 0 Å². The normalized spacial score (nSPS) is 100. The molecule has 10 heterocycles. The van der Waals surface area contributed by atoms with Crippen LogP contribution >= 0.6 is 20.3 Å². The Balaban J connectivity index is 0.000000841. The SMILES string of the molecule is CC(C)(C)P(C(C)(C)C)[C]12[CH]3[CH]4[CH]5[CH]1[Fe]45321678[CH]2[CH]1[CH]6[CH]7[CH]28.Cl. The molecule has 10 aliphatic heterocycles. The quantitative estimate of drug-likeness (QED) is 0.354. The van der Waals surface area contributed by atoms with Crippen LogP contribution in [-0.2, 0) is 6.51 Å². The van der Waals surface area contributed by atoms with Crippen LogP contribution in [0.2, 0.25) is 43.3 Å². The van der Waals surface area contributed by atoms with Crippen molar-refractivity contribution in [3.63, 3.8) is 0 Å². The molecule has 10 fully saturated rings. The van der Waals surface area contributed by atoms with Gasteiger partial charge in [-0.2, -0.15) is 0 Å². The Kier molecular flexibility index (Phi) is 0.512. The van der Waals surface area contributed by atoms with Crippen LogP contribution in [0.15, 0.2) is 0 Å². The van der Waals surface area contributed by atoms with Gasteiger partial charge in [-0.25, -0.2) is 0 Å². The summed E-state index contributed by atoms with van der Waals surface area (Å²) in [5.74, 6) is 0. The monoisotopic (exact) mass is 366 g/mol. The van der Waals surface area contributed by atoms with Crippen molar-refractivity contribution in [2.45, 2.75) is 99.3 Å². The maximum absolute atomic E-state index is 2.88. The average Bonchev–Trinajstić information content (AvgIpc) is 3.20. The summed E-state index contributed by atoms with van der Waals surface area (Å²) in [6.45, 7) is 12.9. The minimum Gasteiger partial charge on any atom is -0.147 e. The average molecular weight is 367 g/mol. The zero-order valence-corrected chi connectivity index (χ0v) is 16.7. The van der Waals surface area contributed by atoms with Gasteiger partial charge in [0, 0.05) is 0 Å². The van der Waals surface area contributed by atoms with Crippen molar-refractivity contribution in [3.05, 3.63) is 0 Å². The van der Waals surface area contributed by atoms with Gasteiger partial charge in [0.25, 0.3) is 0 Å². The molecule has 10 saturated heterocycles. The topological polar surface area (TPSA) is 0 Å². The first-order chi connectivity index (χ1) is 8.91. The van der Waals surface area contributed by atoms with Crippen molar-refractivity contribution in [1.29, 1.82) is 0 Å². The summed E-state index contributed by atoms with van der Waals surface area (Å²) in [5.41, 5.74) is 0. The summed E-state index contributed by atoms with van der Waals surface area (Å²) in [7, 11) is 0.240. The Hall–Kier alpha value is 1.24. The van der Waals surface area contributed by atoms with E-state index in [9.17, 15) is 0 Å². The van der Waals surface area contributed by atoms with Crippen molar-refractivity contribution < 1.29 is 6.51 Å². The third-order valence-electron chi connectivity index (χ3n) is 16.3. The fourth-order valence-corrected chi connectivity index (χ4v) is 111. The van der Waals surface area contributed by atoms with Crippen LogP contribution in [0.1, 0.15) is 41.5 Å². The van der Waals surface area contributed by atoms with Crippen LogP contribution in [-0.4, -0.2) is 14.4 Å². The molecule has 0 aromatic rings. The minimum absolute atomic E-state index is 0. The van der Waals surface area contributed by atoms with Crippen LogP contribution in [0.3, 0.4) is 0 Å². The third kappa shape index (κ3) is 0.146. The van der Waals surface area contributed by atoms with Gasteiger partial charge >= 0.3 is 114 Å². The van der Waals surface area contributed by atoms with Gasteiger partial charge < -0.3 is 0 Å². The number of hydrogen-bond acceptors (Lipinski definition) is 0. The molecule has 10 rings (SSSR count). The fourth-order valence-electron chi connectivity index (χ4n) is 18.7. The minimum atomic E-state index is -2.88. The molecular formula is C18H28ClFeP. The van der Waals surface area contributed by atoms with Crippen molar-refractivity contribution in [2.75, 3.05) is 0 Å². The zero-order chi connectivity index (χ0) is 13.6. The third-order valence-corrected chi connectivity index (χ3v) is 66.7. The molecular weight excluding hydrogens is 338 g/mol. The molecule has 21 heavy (non-hydrogen) atoms. The Labute approximate surface area is 126 Å². The molecule has 4 atom stereocenters. The molecule has 3 heteroatoms. The fraction of sp³-hybridized carbons (Fsp3) is 1.00. The van der Waals surface area contributed by atoms with Gasteiger partial charge in [-0.3, -0.25) is 0 Å². The summed E-state index contributed by atoms with van der Waals surface area (Å²) in [5, 5.41) is 1.23. The van der Waals surface area contributed by atoms with E-state index in [1.54, 1.807) is 0 Å². The molecule has 0 amide bonds. The summed E-state index contributed by atoms with van der Waals surface area (Å²) in [4.78, 5) is 13.6. The van der Waals surface area contributed by atoms with Gasteiger partial charge in [0.05, 0.1) is 0 Å². The molecule has 0 saturated carbocycles. The van der Waals surface area contributed by atoms with Gasteiger partial charge in [0.15, 0.2) is 0 Å². The van der Waals surface area contributed by atoms with E-state index in [1.807, 2.05) is 0 Å². The molecule has 0 aromatic heterocycles. The maximum Gasteiger partial charge on any atom is -0.147 e. The van der Waals surface area contributed by atoms with Gasteiger partial charge in [-0.15, -0.1) is 12.4 Å². The first-order valence-electron chi connectivity index (χ1n) is 8.93. The summed E-state index contributed by atoms with van der Waals surface area (Å²) in [6.07, 6.45) is 0. The summed E-state index contributed by atoms with van der Waals surface area (Å²) in [6, 6.07) is 0. The summed E-state index contributed by atoms with van der Waals surface area (Å²) < 4.78 is 1.14. The van der Waals surface area contributed by atoms with Crippen molar-refractivity contribution in [1.82, 2.24) is 0 Å². The molecule has 0 bridgehead atoms. The van der Waals surface area contributed by atoms with E-state index < -0.39 is 6.51 Å². The molecule has 0 aromatic carbocycles. The number of hydrogen-bond donors (Lipinski definition) is 0. The molecule has 0 radical (unpaired) electrons. The first kappa shape index (κ1) is 11.0. The van der Waals surface area contributed by atoms with E-state index >= 15 is 0 Å². The number of fused-ring (bicyclic) bond motifs is 10. The molecule has 0 N–H and O–H groups in total. The first-order valence-corrected chi connectivity index (χ1v) is 16.6. The number of halogens is 1. The Morgan fingerprint density at radius 3 is 1.14 bits per heavy atom. The zero-order valence-electron chi connectivity index (χ0n) is 13.9. The van der Waals surface area contributed by atoms with Gasteiger partial charge in [0.1, 0.15) is 0 Å². The Morgan fingerprint density at radius 2 is 1.00 bits per heavy atom. The standard InChI is InChI=1S/C13H22P.C5H5.ClH.Fe/c1-12(2,3)14(13(4,5)6)11-9-7-8-10-11;1-2-4-5-3-1;;/h7-10H,1-6H3;1-5H;1H;. The van der Waals surface area contributed by atoms with E-state index in [1.165, 1.54) is 43.3 Å². The van der Waals surface area contributed by atoms with E-state index in [0.29, 0.717) is 10.3 Å². The predicted octanol–water partition coefficient (Wildman–Crippen LogP) is 6.78. The summed E-state index contributed by atoms with van der Waals surface area (Å²) >= 11 is 0. The smallest absolute Gasteiger partial charge is 0.147 e. The van der Waals surface area contributed by atoms with Crippen molar-refractivity contribution in [2.24, 2.45) is 0 Å². The predicted molar refractivity (Wildman–Crippen MR) is 90.2 cm³/mol. The van der Waals surface area contributed by atoms with Crippen molar-refractivity contribution in [3.8, 4) is 0 Å². The Morgan fingerprint density at radius 1 is 0.667 bits per heavy atom. The van der Waals surface area contributed by atoms with Gasteiger partial charge in [-0.05, 0) is 0 Å². The maximum atomic E-state index is 2.64. The number of rotatable bonds is 1. The van der Waals surface area contributed by atoms with Crippen LogP contribution in [0.4, 0.5) is 0 Å². The van der Waals surface area contributed by atoms with E-state index in [4.69, 9.17) is 0 Å². The van der Waals surface area contributed by atoms with Crippen LogP contribution in [0.25, 0.3) is 0 Å². The molecule has 4 unspecified atom stereocenters. The Bertz CT molecular complexity index is 965. The molecule has 1 spiro atoms. The van der Waals surface area contributed by atoms with Crippen LogP contribution in [0.5, 0.6) is 0 Å². The van der Waals surface area contributed by atoms with E-state index in [0.717, 1.165) is 4.05 Å². The van der Waals surface area contributed by atoms with Crippen molar-refractivity contribution >= 4 is 20.3 Å². The van der Waals surface area contributed by atoms with E-state index in [-0.39, 0.29) is 20.3 Å². The second-order valence-electron chi connectivity index (χ2n) is 14.3. The van der Waals surface area contributed by atoms with Gasteiger partial charge in [-0.1, -0.05) is 0 Å². The van der Waals surface area contributed by atoms with Crippen LogP contribution < -0.4 is 0 Å².